The van der Waals surface area contributed by atoms with Crippen LogP contribution in [0, 0.1) is 12.3 Å². The zero-order valence-corrected chi connectivity index (χ0v) is 9.99. The average molecular weight is 217 g/mol. The Labute approximate surface area is 98.0 Å². The molecule has 2 nitrogen and oxygen atoms in total. The molecule has 0 saturated heterocycles. The first-order valence-electron chi connectivity index (χ1n) is 5.64. The molecular weight excluding hydrogens is 198 g/mol. The molecule has 0 unspecified atom stereocenters. The Balaban J connectivity index is 2.50. The van der Waals surface area contributed by atoms with Gasteiger partial charge in [-0.3, -0.25) is 0 Å². The summed E-state index contributed by atoms with van der Waals surface area (Å²) in [6.07, 6.45) is 6.28. The smallest absolute Gasteiger partial charge is 0.148 e. The maximum absolute atomic E-state index is 5.37. The normalized spacial score (nSPS) is 11.8. The molecule has 1 aromatic carbocycles. The number of ether oxygens (including phenoxy) is 1. The molecule has 0 saturated carbocycles. The second-order valence-corrected chi connectivity index (χ2v) is 3.83. The molecular formula is C14H19NO. The summed E-state index contributed by atoms with van der Waals surface area (Å²) < 4.78 is 5.37. The van der Waals surface area contributed by atoms with Crippen LogP contribution in [0.5, 0.6) is 5.75 Å². The predicted molar refractivity (Wildman–Crippen MR) is 67.4 cm³/mol. The van der Waals surface area contributed by atoms with E-state index in [2.05, 4.69) is 31.2 Å². The van der Waals surface area contributed by atoms with E-state index in [0.29, 0.717) is 12.6 Å². The van der Waals surface area contributed by atoms with Crippen molar-refractivity contribution in [2.75, 3.05) is 6.61 Å². The van der Waals surface area contributed by atoms with E-state index in [1.54, 1.807) is 0 Å². The predicted octanol–water partition coefficient (Wildman–Crippen LogP) is 2.59. The Morgan fingerprint density at radius 3 is 3.00 bits per heavy atom. The van der Waals surface area contributed by atoms with Gasteiger partial charge in [0.2, 0.25) is 0 Å². The summed E-state index contributed by atoms with van der Waals surface area (Å²) in [5.74, 6) is 3.29. The van der Waals surface area contributed by atoms with Crippen molar-refractivity contribution in [2.45, 2.75) is 32.9 Å². The van der Waals surface area contributed by atoms with Gasteiger partial charge in [0, 0.05) is 12.6 Å². The largest absolute Gasteiger partial charge is 0.481 e. The van der Waals surface area contributed by atoms with Crippen molar-refractivity contribution in [3.63, 3.8) is 0 Å². The minimum Gasteiger partial charge on any atom is -0.481 e. The van der Waals surface area contributed by atoms with Crippen LogP contribution in [0.4, 0.5) is 0 Å². The van der Waals surface area contributed by atoms with Crippen molar-refractivity contribution in [3.8, 4) is 18.1 Å². The van der Waals surface area contributed by atoms with Crippen LogP contribution in [-0.2, 0) is 6.54 Å². The molecule has 86 valence electrons. The second-order valence-electron chi connectivity index (χ2n) is 3.83. The minimum absolute atomic E-state index is 0.322. The van der Waals surface area contributed by atoms with Crippen LogP contribution in [0.15, 0.2) is 24.3 Å². The molecule has 0 aromatic heterocycles. The number of hydrogen-bond acceptors (Lipinski definition) is 2. The number of nitrogens with one attached hydrogen (secondary N) is 1. The first-order valence-corrected chi connectivity index (χ1v) is 5.64. The third-order valence-corrected chi connectivity index (χ3v) is 2.49. The lowest BCUT2D eigenvalue weighted by molar-refractivity contribution is 0.369. The summed E-state index contributed by atoms with van der Waals surface area (Å²) in [7, 11) is 0. The van der Waals surface area contributed by atoms with E-state index in [1.165, 1.54) is 5.56 Å². The van der Waals surface area contributed by atoms with Crippen molar-refractivity contribution >= 4 is 0 Å². The van der Waals surface area contributed by atoms with Gasteiger partial charge < -0.3 is 10.1 Å². The molecule has 0 aliphatic carbocycles. The quantitative estimate of drug-likeness (QED) is 0.739. The van der Waals surface area contributed by atoms with Gasteiger partial charge in [-0.1, -0.05) is 25.0 Å². The molecule has 0 aliphatic heterocycles. The number of rotatable bonds is 6. The third-order valence-electron chi connectivity index (χ3n) is 2.49. The molecule has 16 heavy (non-hydrogen) atoms. The fraction of sp³-hybridized carbons (Fsp3) is 0.429. The maximum atomic E-state index is 5.37. The van der Waals surface area contributed by atoms with Crippen molar-refractivity contribution in [1.82, 2.24) is 5.32 Å². The van der Waals surface area contributed by atoms with Gasteiger partial charge in [-0.15, -0.1) is 6.42 Å². The standard InChI is InChI=1S/C14H19NO/c1-4-9-16-14-8-6-7-13(10-14)11-15-12(3)5-2/h1,6-8,10,12,15H,5,9,11H2,2-3H3/t12-/m0/s1. The molecule has 0 radical (unpaired) electrons. The zero-order chi connectivity index (χ0) is 11.8. The minimum atomic E-state index is 0.322. The highest BCUT2D eigenvalue weighted by molar-refractivity contribution is 5.28. The maximum Gasteiger partial charge on any atom is 0.148 e. The Bertz CT molecular complexity index is 354. The van der Waals surface area contributed by atoms with Gasteiger partial charge in [-0.25, -0.2) is 0 Å². The van der Waals surface area contributed by atoms with Crippen LogP contribution in [-0.4, -0.2) is 12.6 Å². The monoisotopic (exact) mass is 217 g/mol. The van der Waals surface area contributed by atoms with Gasteiger partial charge in [0.25, 0.3) is 0 Å². The summed E-state index contributed by atoms with van der Waals surface area (Å²) in [5, 5.41) is 3.44. The van der Waals surface area contributed by atoms with Crippen molar-refractivity contribution in [3.05, 3.63) is 29.8 Å². The van der Waals surface area contributed by atoms with E-state index in [9.17, 15) is 0 Å². The van der Waals surface area contributed by atoms with Crippen LogP contribution in [0.3, 0.4) is 0 Å². The Hall–Kier alpha value is -1.46. The van der Waals surface area contributed by atoms with E-state index >= 15 is 0 Å². The molecule has 0 fully saturated rings. The molecule has 1 aromatic rings. The van der Waals surface area contributed by atoms with E-state index in [1.807, 2.05) is 18.2 Å². The van der Waals surface area contributed by atoms with Crippen molar-refractivity contribution in [1.29, 1.82) is 0 Å². The Morgan fingerprint density at radius 2 is 2.31 bits per heavy atom. The molecule has 1 rings (SSSR count). The molecule has 0 bridgehead atoms. The Kier molecular flexibility index (Phi) is 5.45. The van der Waals surface area contributed by atoms with E-state index in [4.69, 9.17) is 11.2 Å². The van der Waals surface area contributed by atoms with Crippen molar-refractivity contribution in [2.24, 2.45) is 0 Å². The Morgan fingerprint density at radius 1 is 1.50 bits per heavy atom. The molecule has 0 amide bonds. The van der Waals surface area contributed by atoms with Crippen LogP contribution in [0.25, 0.3) is 0 Å². The molecule has 0 heterocycles. The molecule has 2 heteroatoms. The fourth-order valence-corrected chi connectivity index (χ4v) is 1.31. The second kappa shape index (κ2) is 6.92. The first kappa shape index (κ1) is 12.6. The fourth-order valence-electron chi connectivity index (χ4n) is 1.31. The summed E-state index contributed by atoms with van der Waals surface area (Å²) in [5.41, 5.74) is 1.22. The summed E-state index contributed by atoms with van der Waals surface area (Å²) in [6, 6.07) is 8.55. The highest BCUT2D eigenvalue weighted by atomic mass is 16.5. The van der Waals surface area contributed by atoms with Gasteiger partial charge in [0.1, 0.15) is 12.4 Å². The molecule has 0 aliphatic rings. The third kappa shape index (κ3) is 4.37. The van der Waals surface area contributed by atoms with Crippen molar-refractivity contribution < 1.29 is 4.74 Å². The van der Waals surface area contributed by atoms with Crippen LogP contribution in [0.1, 0.15) is 25.8 Å². The SMILES string of the molecule is C#CCOc1cccc(CN[C@@H](C)CC)c1. The highest BCUT2D eigenvalue weighted by Gasteiger charge is 1.99. The lowest BCUT2D eigenvalue weighted by atomic mass is 10.2. The summed E-state index contributed by atoms with van der Waals surface area (Å²) >= 11 is 0. The van der Waals surface area contributed by atoms with Crippen LogP contribution < -0.4 is 10.1 Å². The molecule has 0 spiro atoms. The number of hydrogen-bond donors (Lipinski definition) is 1. The topological polar surface area (TPSA) is 21.3 Å². The average Bonchev–Trinajstić information content (AvgIpc) is 2.34. The lowest BCUT2D eigenvalue weighted by Gasteiger charge is -2.11. The van der Waals surface area contributed by atoms with Crippen LogP contribution >= 0.6 is 0 Å². The highest BCUT2D eigenvalue weighted by Crippen LogP contribution is 2.13. The van der Waals surface area contributed by atoms with Gasteiger partial charge in [0.05, 0.1) is 0 Å². The van der Waals surface area contributed by atoms with Gasteiger partial charge >= 0.3 is 0 Å². The number of terminal acetylenes is 1. The number of benzene rings is 1. The van der Waals surface area contributed by atoms with E-state index in [-0.39, 0.29) is 0 Å². The molecule has 1 N–H and O–H groups in total. The summed E-state index contributed by atoms with van der Waals surface area (Å²) in [6.45, 7) is 5.54. The van der Waals surface area contributed by atoms with Crippen LogP contribution in [0.2, 0.25) is 0 Å². The lowest BCUT2D eigenvalue weighted by Crippen LogP contribution is -2.24. The van der Waals surface area contributed by atoms with Gasteiger partial charge in [-0.2, -0.15) is 0 Å². The molecule has 1 atom stereocenters. The van der Waals surface area contributed by atoms with E-state index in [0.717, 1.165) is 18.7 Å². The van der Waals surface area contributed by atoms with E-state index < -0.39 is 0 Å². The van der Waals surface area contributed by atoms with Gasteiger partial charge in [0.15, 0.2) is 0 Å². The first-order chi connectivity index (χ1) is 7.76. The summed E-state index contributed by atoms with van der Waals surface area (Å²) in [4.78, 5) is 0. The van der Waals surface area contributed by atoms with Gasteiger partial charge in [-0.05, 0) is 31.0 Å². The zero-order valence-electron chi connectivity index (χ0n) is 9.99.